The lowest BCUT2D eigenvalue weighted by molar-refractivity contribution is -0.348. The second-order valence-corrected chi connectivity index (χ2v) is 18.2. The maximum Gasteiger partial charge on any atom is 0.331 e. The normalized spacial score (nSPS) is 35.8. The highest BCUT2D eigenvalue weighted by atomic mass is 16.7. The number of aliphatic hydroxyl groups is 4. The highest BCUT2D eigenvalue weighted by Crippen LogP contribution is 2.50. The van der Waals surface area contributed by atoms with Crippen LogP contribution in [0.3, 0.4) is 0 Å². The van der Waals surface area contributed by atoms with E-state index in [0.29, 0.717) is 12.0 Å². The molecule has 64 heavy (non-hydrogen) atoms. The number of carbonyl (C=O) groups is 5. The molecule has 0 aliphatic carbocycles. The summed E-state index contributed by atoms with van der Waals surface area (Å²) in [5, 5.41) is 47.7. The Hall–Kier alpha value is -4.23. The zero-order chi connectivity index (χ0) is 47.6. The Bertz CT molecular complexity index is 1830. The van der Waals surface area contributed by atoms with E-state index in [4.69, 9.17) is 37.9 Å². The molecule has 358 valence electrons. The van der Waals surface area contributed by atoms with Crippen LogP contribution in [0.4, 0.5) is 0 Å². The molecule has 0 radical (unpaired) electrons. The monoisotopic (exact) mass is 904 g/mol. The summed E-state index contributed by atoms with van der Waals surface area (Å²) >= 11 is 0. The van der Waals surface area contributed by atoms with Gasteiger partial charge in [0.15, 0.2) is 11.9 Å². The predicted octanol–water partition coefficient (Wildman–Crippen LogP) is 4.28. The van der Waals surface area contributed by atoms with E-state index in [9.17, 15) is 44.4 Å². The Balaban J connectivity index is 1.90. The third-order valence-electron chi connectivity index (χ3n) is 12.4. The molecule has 11 unspecified atom stereocenters. The number of carbonyl (C=O) groups excluding carboxylic acids is 5. The van der Waals surface area contributed by atoms with Crippen LogP contribution >= 0.6 is 0 Å². The van der Waals surface area contributed by atoms with Gasteiger partial charge in [0.2, 0.25) is 5.79 Å². The average Bonchev–Trinajstić information content (AvgIpc) is 3.19. The first-order valence-corrected chi connectivity index (χ1v) is 22.0. The molecule has 4 N–H and O–H groups in total. The van der Waals surface area contributed by atoms with Crippen molar-refractivity contribution in [3.8, 4) is 0 Å². The second kappa shape index (κ2) is 22.3. The minimum atomic E-state index is -2.46. The van der Waals surface area contributed by atoms with Gasteiger partial charge in [-0.1, -0.05) is 70.6 Å². The van der Waals surface area contributed by atoms with E-state index in [-0.39, 0.29) is 56.9 Å². The SMILES string of the molecule is C/C=C/C=C/C(=O)OC1/C(=C/C(=O)OC)CC2CC(C(C)O)OC(=O)CC(O)CC3CC(OC(=O)CCC)C(C)(C)C(O)(CC4C/C(=C/C(=O)OC)CC(/C=C/C(C)(C)C1(O)O2)O4)O3. The first kappa shape index (κ1) is 52.4. The van der Waals surface area contributed by atoms with Gasteiger partial charge in [0.05, 0.1) is 62.7 Å². The number of cyclic esters (lactones) is 1. The summed E-state index contributed by atoms with van der Waals surface area (Å²) in [5.74, 6) is -8.20. The number of aliphatic hydroxyl groups excluding tert-OH is 2. The minimum Gasteiger partial charge on any atom is -0.466 e. The molecule has 17 heteroatoms. The van der Waals surface area contributed by atoms with Gasteiger partial charge in [-0.2, -0.15) is 0 Å². The fourth-order valence-electron chi connectivity index (χ4n) is 8.56. The van der Waals surface area contributed by atoms with Crippen LogP contribution in [-0.2, 0) is 61.9 Å². The van der Waals surface area contributed by atoms with Gasteiger partial charge in [-0.3, -0.25) is 9.59 Å². The van der Waals surface area contributed by atoms with Gasteiger partial charge in [0.25, 0.3) is 0 Å². The van der Waals surface area contributed by atoms with Gasteiger partial charge in [-0.25, -0.2) is 14.4 Å². The number of hydrogen-bond acceptors (Lipinski definition) is 17. The number of ether oxygens (including phenoxy) is 8. The quantitative estimate of drug-likeness (QED) is 0.0830. The molecule has 3 saturated heterocycles. The Morgan fingerprint density at radius 2 is 1.56 bits per heavy atom. The summed E-state index contributed by atoms with van der Waals surface area (Å²) < 4.78 is 46.9. The molecule has 0 saturated carbocycles. The topological polar surface area (TPSA) is 240 Å². The zero-order valence-electron chi connectivity index (χ0n) is 38.5. The third kappa shape index (κ3) is 13.2. The predicted molar refractivity (Wildman–Crippen MR) is 228 cm³/mol. The number of hydrogen-bond donors (Lipinski definition) is 4. The van der Waals surface area contributed by atoms with Crippen molar-refractivity contribution in [2.75, 3.05) is 14.2 Å². The van der Waals surface area contributed by atoms with Gasteiger partial charge in [-0.05, 0) is 45.1 Å². The van der Waals surface area contributed by atoms with Gasteiger partial charge >= 0.3 is 29.8 Å². The average molecular weight is 905 g/mol. The van der Waals surface area contributed by atoms with E-state index in [2.05, 4.69) is 0 Å². The minimum absolute atomic E-state index is 0.0817. The summed E-state index contributed by atoms with van der Waals surface area (Å²) in [5.41, 5.74) is -2.06. The van der Waals surface area contributed by atoms with E-state index in [1.807, 2.05) is 6.92 Å². The van der Waals surface area contributed by atoms with Crippen LogP contribution in [0.15, 0.2) is 59.8 Å². The van der Waals surface area contributed by atoms with E-state index >= 15 is 0 Å². The number of esters is 5. The van der Waals surface area contributed by atoms with Crippen LogP contribution < -0.4 is 0 Å². The molecule has 4 heterocycles. The number of methoxy groups -OCH3 is 2. The molecule has 0 spiro atoms. The van der Waals surface area contributed by atoms with E-state index < -0.39 is 114 Å². The van der Waals surface area contributed by atoms with Gasteiger partial charge in [0, 0.05) is 55.7 Å². The van der Waals surface area contributed by atoms with Crippen LogP contribution in [0.1, 0.15) is 113 Å². The zero-order valence-corrected chi connectivity index (χ0v) is 38.5. The smallest absolute Gasteiger partial charge is 0.331 e. The Kier molecular flexibility index (Phi) is 18.3. The lowest BCUT2D eigenvalue weighted by Gasteiger charge is -2.53. The largest absolute Gasteiger partial charge is 0.466 e. The molecule has 6 bridgehead atoms. The number of rotatable bonds is 9. The summed E-state index contributed by atoms with van der Waals surface area (Å²) in [6.07, 6.45) is 1.22. The van der Waals surface area contributed by atoms with Crippen LogP contribution in [0.2, 0.25) is 0 Å². The second-order valence-electron chi connectivity index (χ2n) is 18.2. The van der Waals surface area contributed by atoms with E-state index in [1.54, 1.807) is 58.9 Å². The van der Waals surface area contributed by atoms with Crippen molar-refractivity contribution in [1.29, 1.82) is 0 Å². The number of allylic oxidation sites excluding steroid dienone is 3. The van der Waals surface area contributed by atoms with Crippen molar-refractivity contribution in [2.24, 2.45) is 10.8 Å². The van der Waals surface area contributed by atoms with Crippen molar-refractivity contribution in [2.45, 2.75) is 179 Å². The Labute approximate surface area is 375 Å². The van der Waals surface area contributed by atoms with Crippen LogP contribution in [-0.4, -0.2) is 131 Å². The molecule has 0 aromatic carbocycles. The van der Waals surface area contributed by atoms with Gasteiger partial charge in [-0.15, -0.1) is 0 Å². The molecule has 3 fully saturated rings. The lowest BCUT2D eigenvalue weighted by atomic mass is 9.70. The van der Waals surface area contributed by atoms with Crippen molar-refractivity contribution < 1.29 is 82.3 Å². The molecule has 4 aliphatic rings. The van der Waals surface area contributed by atoms with E-state index in [1.165, 1.54) is 26.2 Å². The third-order valence-corrected chi connectivity index (χ3v) is 12.4. The molecular formula is C47H68O17. The van der Waals surface area contributed by atoms with E-state index in [0.717, 1.165) is 19.3 Å². The fraction of sp³-hybridized carbons (Fsp3) is 0.681. The van der Waals surface area contributed by atoms with Crippen molar-refractivity contribution in [3.63, 3.8) is 0 Å². The summed E-state index contributed by atoms with van der Waals surface area (Å²) in [6, 6.07) is 0. The molecule has 0 aromatic heterocycles. The molecule has 17 nitrogen and oxygen atoms in total. The molecular weight excluding hydrogens is 836 g/mol. The van der Waals surface area contributed by atoms with Crippen LogP contribution in [0.25, 0.3) is 0 Å². The highest BCUT2D eigenvalue weighted by Gasteiger charge is 2.59. The van der Waals surface area contributed by atoms with Gasteiger partial charge < -0.3 is 58.3 Å². The molecule has 11 atom stereocenters. The van der Waals surface area contributed by atoms with Crippen molar-refractivity contribution in [3.05, 3.63) is 59.8 Å². The van der Waals surface area contributed by atoms with Crippen molar-refractivity contribution >= 4 is 29.8 Å². The maximum atomic E-state index is 13.5. The maximum absolute atomic E-state index is 13.5. The molecule has 4 aliphatic heterocycles. The first-order chi connectivity index (χ1) is 30.0. The Morgan fingerprint density at radius 3 is 2.20 bits per heavy atom. The molecule has 0 amide bonds. The number of fused-ring (bicyclic) bond motifs is 6. The standard InChI is InChI=1S/C47H68O17/c1-10-12-13-15-39(51)62-43-30(22-41(53)58-9)21-33-25-36(28(3)48)60-42(54)24-31(49)23-34-26-37(61-38(50)14-11-2)45(6,7)46(55,63-34)27-35-19-29(20-40(52)57-8)18-32(59-35)16-17-44(4,5)47(43,56)64-33/h10,12-13,15-17,20,22,28,31-37,43,48-49,55-56H,11,14,18-19,21,23-27H2,1-9H3/b12-10+,15-13+,17-16+,29-20+,30-22+. The first-order valence-electron chi connectivity index (χ1n) is 22.0. The summed E-state index contributed by atoms with van der Waals surface area (Å²) in [4.78, 5) is 65.1. The summed E-state index contributed by atoms with van der Waals surface area (Å²) in [6.45, 7) is 11.6. The van der Waals surface area contributed by atoms with Gasteiger partial charge in [0.1, 0.15) is 12.2 Å². The fourth-order valence-corrected chi connectivity index (χ4v) is 8.56. The Morgan fingerprint density at radius 1 is 0.875 bits per heavy atom. The van der Waals surface area contributed by atoms with Crippen LogP contribution in [0, 0.1) is 10.8 Å². The highest BCUT2D eigenvalue weighted by molar-refractivity contribution is 5.85. The van der Waals surface area contributed by atoms with Crippen LogP contribution in [0.5, 0.6) is 0 Å². The summed E-state index contributed by atoms with van der Waals surface area (Å²) in [7, 11) is 2.40. The van der Waals surface area contributed by atoms with Crippen molar-refractivity contribution in [1.82, 2.24) is 0 Å². The lowest BCUT2D eigenvalue weighted by Crippen LogP contribution is -2.62. The molecule has 4 rings (SSSR count). The molecule has 0 aromatic rings.